The average Bonchev–Trinajstić information content (AvgIpc) is 3.49. The minimum absolute atomic E-state index is 0.0491. The van der Waals surface area contributed by atoms with E-state index in [1.165, 1.54) is 11.3 Å². The van der Waals surface area contributed by atoms with Gasteiger partial charge < -0.3 is 14.5 Å². The zero-order chi connectivity index (χ0) is 21.1. The molecule has 1 aliphatic heterocycles. The third kappa shape index (κ3) is 4.27. The molecule has 158 valence electrons. The monoisotopic (exact) mass is 424 g/mol. The summed E-state index contributed by atoms with van der Waals surface area (Å²) in [4.78, 5) is 18.1. The Balaban J connectivity index is 1.73. The van der Waals surface area contributed by atoms with Crippen LogP contribution < -0.4 is 4.90 Å². The number of ether oxygens (including phenoxy) is 1. The number of hydrogen-bond donors (Lipinski definition) is 0. The second-order valence-corrected chi connectivity index (χ2v) is 8.78. The van der Waals surface area contributed by atoms with Crippen molar-refractivity contribution in [2.24, 2.45) is 7.05 Å². The predicted octanol–water partition coefficient (Wildman–Crippen LogP) is 4.04. The van der Waals surface area contributed by atoms with E-state index in [0.29, 0.717) is 13.1 Å². The Morgan fingerprint density at radius 1 is 1.23 bits per heavy atom. The topological polar surface area (TPSA) is 50.6 Å². The molecule has 3 heterocycles. The Bertz CT molecular complexity index is 976. The van der Waals surface area contributed by atoms with E-state index in [9.17, 15) is 4.79 Å². The Hall–Kier alpha value is -2.64. The van der Waals surface area contributed by atoms with Crippen molar-refractivity contribution in [1.29, 1.82) is 0 Å². The summed E-state index contributed by atoms with van der Waals surface area (Å²) in [5.74, 6) is 1.05. The van der Waals surface area contributed by atoms with Crippen molar-refractivity contribution in [3.05, 3.63) is 58.3 Å². The van der Waals surface area contributed by atoms with Gasteiger partial charge in [0.25, 0.3) is 5.91 Å². The molecule has 1 aromatic carbocycles. The summed E-state index contributed by atoms with van der Waals surface area (Å²) in [7, 11) is 5.98. The first kappa shape index (κ1) is 20.6. The molecule has 30 heavy (non-hydrogen) atoms. The van der Waals surface area contributed by atoms with Crippen LogP contribution in [0.1, 0.15) is 28.1 Å². The van der Waals surface area contributed by atoms with Crippen molar-refractivity contribution < 1.29 is 9.53 Å². The van der Waals surface area contributed by atoms with Crippen LogP contribution in [0, 0.1) is 0 Å². The zero-order valence-electron chi connectivity index (χ0n) is 17.7. The van der Waals surface area contributed by atoms with Gasteiger partial charge in [0.05, 0.1) is 23.2 Å². The normalized spacial score (nSPS) is 16.0. The van der Waals surface area contributed by atoms with Crippen LogP contribution in [-0.2, 0) is 18.3 Å². The highest BCUT2D eigenvalue weighted by Crippen LogP contribution is 2.32. The van der Waals surface area contributed by atoms with Gasteiger partial charge in [-0.1, -0.05) is 36.4 Å². The van der Waals surface area contributed by atoms with E-state index in [-0.39, 0.29) is 12.0 Å². The summed E-state index contributed by atoms with van der Waals surface area (Å²) in [6.07, 6.45) is 2.14. The summed E-state index contributed by atoms with van der Waals surface area (Å²) in [5, 5.41) is 6.76. The molecule has 1 aliphatic rings. The van der Waals surface area contributed by atoms with Gasteiger partial charge in [-0.05, 0) is 24.3 Å². The summed E-state index contributed by atoms with van der Waals surface area (Å²) in [5.41, 5.74) is 3.02. The first-order valence-electron chi connectivity index (χ1n) is 10.3. The fraction of sp³-hybridized carbons (Fsp3) is 0.391. The molecule has 7 heteroatoms. The maximum absolute atomic E-state index is 13.4. The van der Waals surface area contributed by atoms with Gasteiger partial charge in [0, 0.05) is 45.4 Å². The number of nitrogens with zero attached hydrogens (tertiary/aromatic N) is 4. The molecule has 1 saturated heterocycles. The highest BCUT2D eigenvalue weighted by atomic mass is 32.1. The van der Waals surface area contributed by atoms with Gasteiger partial charge in [-0.3, -0.25) is 9.48 Å². The number of hydrogen-bond acceptors (Lipinski definition) is 5. The SMILES string of the molecule is CN(C)c1c(CN(CC2CCCO2)C(=O)c2cccs2)c(-c2ccccc2)nn1C. The highest BCUT2D eigenvalue weighted by Gasteiger charge is 2.28. The Labute approximate surface area is 181 Å². The maximum atomic E-state index is 13.4. The molecule has 1 amide bonds. The molecule has 0 N–H and O–H groups in total. The molecule has 0 spiro atoms. The summed E-state index contributed by atoms with van der Waals surface area (Å²) >= 11 is 1.48. The number of carbonyl (C=O) groups is 1. The van der Waals surface area contributed by atoms with Crippen LogP contribution in [0.25, 0.3) is 11.3 Å². The molecular weight excluding hydrogens is 396 g/mol. The number of rotatable bonds is 7. The third-order valence-corrected chi connectivity index (χ3v) is 6.26. The van der Waals surface area contributed by atoms with E-state index in [4.69, 9.17) is 9.84 Å². The van der Waals surface area contributed by atoms with E-state index < -0.39 is 0 Å². The molecular formula is C23H28N4O2S. The molecule has 6 nitrogen and oxygen atoms in total. The minimum Gasteiger partial charge on any atom is -0.376 e. The molecule has 1 unspecified atom stereocenters. The van der Waals surface area contributed by atoms with Gasteiger partial charge in [-0.15, -0.1) is 11.3 Å². The summed E-state index contributed by atoms with van der Waals surface area (Å²) in [6, 6.07) is 14.0. The average molecular weight is 425 g/mol. The van der Waals surface area contributed by atoms with E-state index in [0.717, 1.165) is 47.0 Å². The van der Waals surface area contributed by atoms with Gasteiger partial charge in [-0.25, -0.2) is 0 Å². The second kappa shape index (κ2) is 9.02. The molecule has 3 aromatic rings. The molecule has 2 aromatic heterocycles. The van der Waals surface area contributed by atoms with Crippen LogP contribution >= 0.6 is 11.3 Å². The van der Waals surface area contributed by atoms with Crippen LogP contribution in [0.3, 0.4) is 0 Å². The number of amides is 1. The lowest BCUT2D eigenvalue weighted by Crippen LogP contribution is -2.37. The van der Waals surface area contributed by atoms with Crippen molar-refractivity contribution >= 4 is 23.1 Å². The smallest absolute Gasteiger partial charge is 0.264 e. The maximum Gasteiger partial charge on any atom is 0.264 e. The van der Waals surface area contributed by atoms with Crippen LogP contribution in [0.2, 0.25) is 0 Å². The van der Waals surface area contributed by atoms with Crippen molar-refractivity contribution in [2.75, 3.05) is 32.1 Å². The lowest BCUT2D eigenvalue weighted by Gasteiger charge is -2.26. The molecule has 4 rings (SSSR count). The third-order valence-electron chi connectivity index (χ3n) is 5.40. The molecule has 0 aliphatic carbocycles. The zero-order valence-corrected chi connectivity index (χ0v) is 18.6. The van der Waals surface area contributed by atoms with Gasteiger partial charge in [0.2, 0.25) is 0 Å². The standard InChI is InChI=1S/C23H28N4O2S/c1-25(2)22-19(21(24-26(22)3)17-9-5-4-6-10-17)16-27(15-18-11-7-13-29-18)23(28)20-12-8-14-30-20/h4-6,8-10,12,14,18H,7,11,13,15-16H2,1-3H3. The van der Waals surface area contributed by atoms with Crippen molar-refractivity contribution in [1.82, 2.24) is 14.7 Å². The number of aromatic nitrogens is 2. The van der Waals surface area contributed by atoms with Gasteiger partial charge in [0.15, 0.2) is 0 Å². The first-order valence-corrected chi connectivity index (χ1v) is 11.2. The van der Waals surface area contributed by atoms with Crippen molar-refractivity contribution in [3.8, 4) is 11.3 Å². The number of anilines is 1. The van der Waals surface area contributed by atoms with Crippen molar-refractivity contribution in [2.45, 2.75) is 25.5 Å². The lowest BCUT2D eigenvalue weighted by molar-refractivity contribution is 0.0511. The predicted molar refractivity (Wildman–Crippen MR) is 121 cm³/mol. The number of thiophene rings is 1. The molecule has 0 radical (unpaired) electrons. The van der Waals surface area contributed by atoms with E-state index in [2.05, 4.69) is 17.0 Å². The Morgan fingerprint density at radius 3 is 2.67 bits per heavy atom. The fourth-order valence-corrected chi connectivity index (χ4v) is 4.78. The molecule has 1 atom stereocenters. The van der Waals surface area contributed by atoms with E-state index >= 15 is 0 Å². The molecule has 1 fully saturated rings. The molecule has 0 saturated carbocycles. The van der Waals surface area contributed by atoms with Gasteiger partial charge in [-0.2, -0.15) is 5.10 Å². The largest absolute Gasteiger partial charge is 0.376 e. The quantitative estimate of drug-likeness (QED) is 0.575. The van der Waals surface area contributed by atoms with Crippen LogP contribution in [0.4, 0.5) is 5.82 Å². The Kier molecular flexibility index (Phi) is 6.20. The van der Waals surface area contributed by atoms with Crippen molar-refractivity contribution in [3.63, 3.8) is 0 Å². The van der Waals surface area contributed by atoms with E-state index in [1.807, 2.05) is 66.4 Å². The first-order chi connectivity index (χ1) is 14.5. The second-order valence-electron chi connectivity index (χ2n) is 7.83. The van der Waals surface area contributed by atoms with Crippen LogP contribution in [0.5, 0.6) is 0 Å². The minimum atomic E-state index is 0.0491. The Morgan fingerprint density at radius 2 is 2.03 bits per heavy atom. The summed E-state index contributed by atoms with van der Waals surface area (Å²) < 4.78 is 7.77. The van der Waals surface area contributed by atoms with Crippen LogP contribution in [-0.4, -0.2) is 53.9 Å². The number of benzene rings is 1. The molecule has 0 bridgehead atoms. The van der Waals surface area contributed by atoms with Gasteiger partial charge >= 0.3 is 0 Å². The van der Waals surface area contributed by atoms with E-state index in [1.54, 1.807) is 0 Å². The van der Waals surface area contributed by atoms with Crippen LogP contribution in [0.15, 0.2) is 47.8 Å². The van der Waals surface area contributed by atoms with Gasteiger partial charge in [0.1, 0.15) is 5.82 Å². The highest BCUT2D eigenvalue weighted by molar-refractivity contribution is 7.12. The number of aryl methyl sites for hydroxylation is 1. The lowest BCUT2D eigenvalue weighted by atomic mass is 10.1. The summed E-state index contributed by atoms with van der Waals surface area (Å²) in [6.45, 7) is 1.85. The number of carbonyl (C=O) groups excluding carboxylic acids is 1. The fourth-order valence-electron chi connectivity index (χ4n) is 4.09.